The number of aliphatic hydroxyl groups excluding tert-OH is 1. The Morgan fingerprint density at radius 3 is 2.41 bits per heavy atom. The van der Waals surface area contributed by atoms with Crippen LogP contribution in [0.4, 0.5) is 9.59 Å². The number of fused-ring (bicyclic) bond motifs is 1. The summed E-state index contributed by atoms with van der Waals surface area (Å²) >= 11 is 0. The first-order valence-electron chi connectivity index (χ1n) is 15.8. The Hall–Kier alpha value is -3.39. The fourth-order valence-electron chi connectivity index (χ4n) is 6.25. The van der Waals surface area contributed by atoms with E-state index in [0.717, 1.165) is 25.0 Å². The Morgan fingerprint density at radius 1 is 1.09 bits per heavy atom. The van der Waals surface area contributed by atoms with Crippen LogP contribution in [0.15, 0.2) is 59.5 Å². The minimum atomic E-state index is -4.15. The van der Waals surface area contributed by atoms with Gasteiger partial charge >= 0.3 is 12.2 Å². The van der Waals surface area contributed by atoms with Gasteiger partial charge in [-0.3, -0.25) is 0 Å². The Kier molecular flexibility index (Phi) is 10.5. The number of nitrogens with one attached hydrogen (secondary N) is 1. The third-order valence-corrected chi connectivity index (χ3v) is 10.6. The third-order valence-electron chi connectivity index (χ3n) is 8.70. The van der Waals surface area contributed by atoms with E-state index in [2.05, 4.69) is 5.32 Å². The first-order chi connectivity index (χ1) is 21.8. The largest absolute Gasteiger partial charge is 0.497 e. The Balaban J connectivity index is 1.34. The summed E-state index contributed by atoms with van der Waals surface area (Å²) in [6.07, 6.45) is -0.167. The smallest absolute Gasteiger partial charge is 0.410 e. The van der Waals surface area contributed by atoms with Crippen LogP contribution >= 0.6 is 0 Å². The zero-order valence-electron chi connectivity index (χ0n) is 26.8. The normalized spacial score (nSPS) is 22.9. The first kappa shape index (κ1) is 34.0. The van der Waals surface area contributed by atoms with Gasteiger partial charge in [-0.2, -0.15) is 4.31 Å². The second kappa shape index (κ2) is 14.2. The zero-order valence-corrected chi connectivity index (χ0v) is 27.6. The zero-order chi connectivity index (χ0) is 33.1. The predicted molar refractivity (Wildman–Crippen MR) is 169 cm³/mol. The van der Waals surface area contributed by atoms with Crippen molar-refractivity contribution in [2.75, 3.05) is 33.4 Å². The van der Waals surface area contributed by atoms with Crippen LogP contribution in [0.1, 0.15) is 45.6 Å². The van der Waals surface area contributed by atoms with Crippen molar-refractivity contribution < 1.29 is 42.1 Å². The van der Waals surface area contributed by atoms with Crippen molar-refractivity contribution in [3.8, 4) is 5.75 Å². The van der Waals surface area contributed by atoms with E-state index in [1.54, 1.807) is 32.9 Å². The Bertz CT molecular complexity index is 1430. The lowest BCUT2D eigenvalue weighted by molar-refractivity contribution is -0.00910. The molecule has 252 valence electrons. The summed E-state index contributed by atoms with van der Waals surface area (Å²) < 4.78 is 51.5. The molecule has 1 aliphatic carbocycles. The molecule has 12 nitrogen and oxygen atoms in total. The van der Waals surface area contributed by atoms with Gasteiger partial charge in [0.25, 0.3) is 0 Å². The fourth-order valence-corrected chi connectivity index (χ4v) is 7.88. The van der Waals surface area contributed by atoms with Crippen LogP contribution < -0.4 is 10.1 Å². The number of hydrogen-bond donors (Lipinski definition) is 2. The van der Waals surface area contributed by atoms with Crippen molar-refractivity contribution in [2.24, 2.45) is 5.92 Å². The van der Waals surface area contributed by atoms with E-state index in [9.17, 15) is 23.1 Å². The summed E-state index contributed by atoms with van der Waals surface area (Å²) in [5.41, 5.74) is 0.141. The highest BCUT2D eigenvalue weighted by molar-refractivity contribution is 7.89. The van der Waals surface area contributed by atoms with Gasteiger partial charge in [0.15, 0.2) is 0 Å². The number of hydrogen-bond acceptors (Lipinski definition) is 9. The van der Waals surface area contributed by atoms with E-state index in [-0.39, 0.29) is 43.2 Å². The van der Waals surface area contributed by atoms with Gasteiger partial charge in [-0.25, -0.2) is 18.0 Å². The molecule has 1 saturated carbocycles. The molecule has 1 unspecified atom stereocenters. The van der Waals surface area contributed by atoms with Crippen LogP contribution in [0, 0.1) is 5.92 Å². The summed E-state index contributed by atoms with van der Waals surface area (Å²) in [6, 6.07) is 13.8. The number of benzene rings is 2. The SMILES string of the molecule is COc1ccc(S(=O)(=O)N(C[C@@H](O)[C@H](Cc2ccccc2)NC(=O)O[C@@H]2CC3CCO[C@@H]3C2)C2CN(C(=O)OC(C)(C)C)C2)cc1. The maximum Gasteiger partial charge on any atom is 0.410 e. The van der Waals surface area contributed by atoms with Crippen LogP contribution in [0.5, 0.6) is 5.75 Å². The number of carbonyl (C=O) groups excluding carboxylic acids is 2. The van der Waals surface area contributed by atoms with Crippen LogP contribution in [0.3, 0.4) is 0 Å². The number of likely N-dealkylation sites (tertiary alicyclic amines) is 1. The van der Waals surface area contributed by atoms with Gasteiger partial charge in [-0.05, 0) is 75.8 Å². The number of ether oxygens (including phenoxy) is 4. The molecule has 2 heterocycles. The molecule has 2 saturated heterocycles. The second-order valence-corrected chi connectivity index (χ2v) is 15.1. The predicted octanol–water partition coefficient (Wildman–Crippen LogP) is 3.57. The molecule has 2 aromatic carbocycles. The lowest BCUT2D eigenvalue weighted by Gasteiger charge is -2.45. The van der Waals surface area contributed by atoms with Crippen molar-refractivity contribution in [2.45, 2.75) is 87.3 Å². The Morgan fingerprint density at radius 2 is 1.78 bits per heavy atom. The summed E-state index contributed by atoms with van der Waals surface area (Å²) in [4.78, 5) is 27.2. The minimum Gasteiger partial charge on any atom is -0.497 e. The number of nitrogens with zero attached hydrogens (tertiary/aromatic N) is 2. The lowest BCUT2D eigenvalue weighted by atomic mass is 10.0. The minimum absolute atomic E-state index is 0.0113. The van der Waals surface area contributed by atoms with E-state index >= 15 is 0 Å². The number of aliphatic hydroxyl groups is 1. The molecule has 0 aromatic heterocycles. The fraction of sp³-hybridized carbons (Fsp3) is 0.576. The molecule has 3 aliphatic rings. The standard InChI is InChI=1S/C33H45N3O9S/c1-33(2,3)45-32(39)35-19-24(20-35)36(46(40,41)27-12-10-25(42-4)11-13-27)21-29(37)28(16-22-8-6-5-7-9-22)34-31(38)44-26-17-23-14-15-43-30(23)18-26/h5-13,23-24,26,28-30,37H,14-21H2,1-4H3,(H,34,38)/t23?,26-,28+,29-,30-/m1/s1. The molecule has 5 atom stereocenters. The van der Waals surface area contributed by atoms with Crippen molar-refractivity contribution >= 4 is 22.2 Å². The first-order valence-corrected chi connectivity index (χ1v) is 17.2. The number of amides is 2. The highest BCUT2D eigenvalue weighted by Crippen LogP contribution is 2.37. The van der Waals surface area contributed by atoms with E-state index in [4.69, 9.17) is 18.9 Å². The number of rotatable bonds is 11. The number of methoxy groups -OCH3 is 1. The molecule has 13 heteroatoms. The van der Waals surface area contributed by atoms with Crippen LogP contribution in [-0.4, -0.2) is 104 Å². The third kappa shape index (κ3) is 8.30. The number of alkyl carbamates (subject to hydrolysis) is 1. The van der Waals surface area contributed by atoms with Gasteiger partial charge in [0.05, 0.1) is 36.3 Å². The highest BCUT2D eigenvalue weighted by atomic mass is 32.2. The van der Waals surface area contributed by atoms with Crippen molar-refractivity contribution in [1.82, 2.24) is 14.5 Å². The summed E-state index contributed by atoms with van der Waals surface area (Å²) in [7, 11) is -2.66. The van der Waals surface area contributed by atoms with E-state index < -0.39 is 46.0 Å². The summed E-state index contributed by atoms with van der Waals surface area (Å²) in [5.74, 6) is 0.872. The topological polar surface area (TPSA) is 144 Å². The maximum absolute atomic E-state index is 14.1. The molecule has 2 N–H and O–H groups in total. The molecule has 0 bridgehead atoms. The van der Waals surface area contributed by atoms with E-state index in [1.165, 1.54) is 28.4 Å². The van der Waals surface area contributed by atoms with Crippen molar-refractivity contribution in [1.29, 1.82) is 0 Å². The van der Waals surface area contributed by atoms with Gasteiger partial charge in [0.1, 0.15) is 17.5 Å². The van der Waals surface area contributed by atoms with Crippen LogP contribution in [0.2, 0.25) is 0 Å². The van der Waals surface area contributed by atoms with Gasteiger partial charge in [-0.1, -0.05) is 30.3 Å². The summed E-state index contributed by atoms with van der Waals surface area (Å²) in [5, 5.41) is 14.5. The Labute approximate surface area is 271 Å². The lowest BCUT2D eigenvalue weighted by Crippen LogP contribution is -2.64. The highest BCUT2D eigenvalue weighted by Gasteiger charge is 2.44. The van der Waals surface area contributed by atoms with Crippen molar-refractivity contribution in [3.05, 3.63) is 60.2 Å². The van der Waals surface area contributed by atoms with Gasteiger partial charge in [-0.15, -0.1) is 0 Å². The van der Waals surface area contributed by atoms with E-state index in [0.29, 0.717) is 18.1 Å². The number of sulfonamides is 1. The molecule has 5 rings (SSSR count). The molecular formula is C33H45N3O9S. The molecule has 0 radical (unpaired) electrons. The summed E-state index contributed by atoms with van der Waals surface area (Å²) in [6.45, 7) is 5.85. The van der Waals surface area contributed by atoms with Crippen molar-refractivity contribution in [3.63, 3.8) is 0 Å². The van der Waals surface area contributed by atoms with E-state index in [1.807, 2.05) is 30.3 Å². The van der Waals surface area contributed by atoms with Gasteiger partial charge < -0.3 is 34.3 Å². The average Bonchev–Trinajstić information content (AvgIpc) is 3.57. The molecule has 0 spiro atoms. The molecule has 2 aromatic rings. The monoisotopic (exact) mass is 659 g/mol. The molecular weight excluding hydrogens is 614 g/mol. The number of carbonyl (C=O) groups is 2. The molecule has 46 heavy (non-hydrogen) atoms. The quantitative estimate of drug-likeness (QED) is 0.370. The molecule has 3 fully saturated rings. The van der Waals surface area contributed by atoms with Gasteiger partial charge in [0, 0.05) is 32.7 Å². The van der Waals surface area contributed by atoms with Gasteiger partial charge in [0.2, 0.25) is 10.0 Å². The second-order valence-electron chi connectivity index (χ2n) is 13.3. The van der Waals surface area contributed by atoms with Crippen LogP contribution in [-0.2, 0) is 30.7 Å². The van der Waals surface area contributed by atoms with Crippen LogP contribution in [0.25, 0.3) is 0 Å². The maximum atomic E-state index is 14.1. The molecule has 2 amide bonds. The molecule has 2 aliphatic heterocycles. The average molecular weight is 660 g/mol.